The van der Waals surface area contributed by atoms with Crippen molar-refractivity contribution in [3.8, 4) is 5.75 Å². The van der Waals surface area contributed by atoms with Crippen molar-refractivity contribution in [2.45, 2.75) is 97.4 Å². The summed E-state index contributed by atoms with van der Waals surface area (Å²) >= 11 is 0. The summed E-state index contributed by atoms with van der Waals surface area (Å²) in [6.45, 7) is 11.5. The number of rotatable bonds is 10. The molecule has 11 nitrogen and oxygen atoms in total. The van der Waals surface area contributed by atoms with Crippen LogP contribution in [0.3, 0.4) is 0 Å². The fraction of sp³-hybridized carbons (Fsp3) is 0.463. The number of pyridine rings is 1. The second kappa shape index (κ2) is 15.6. The Morgan fingerprint density at radius 2 is 1.75 bits per heavy atom. The first-order chi connectivity index (χ1) is 25.5. The Kier molecular flexibility index (Phi) is 10.7. The van der Waals surface area contributed by atoms with Crippen LogP contribution in [0.15, 0.2) is 72.7 Å². The molecule has 0 bridgehead atoms. The van der Waals surface area contributed by atoms with E-state index in [1.54, 1.807) is 18.2 Å². The van der Waals surface area contributed by atoms with Crippen molar-refractivity contribution in [3.63, 3.8) is 0 Å². The lowest BCUT2D eigenvalue weighted by molar-refractivity contribution is 0.171. The van der Waals surface area contributed by atoms with E-state index in [1.807, 2.05) is 61.7 Å². The lowest BCUT2D eigenvalue weighted by Gasteiger charge is -2.33. The van der Waals surface area contributed by atoms with Gasteiger partial charge in [0.2, 0.25) is 5.95 Å². The zero-order valence-electron chi connectivity index (χ0n) is 31.3. The average Bonchev–Trinajstić information content (AvgIpc) is 3.80. The molecule has 4 N–H and O–H groups in total. The number of hydrogen-bond acceptors (Lipinski definition) is 8. The zero-order valence-corrected chi connectivity index (χ0v) is 31.3. The van der Waals surface area contributed by atoms with Gasteiger partial charge >= 0.3 is 6.03 Å². The second-order valence-corrected chi connectivity index (χ2v) is 15.7. The number of piperidine rings is 1. The van der Waals surface area contributed by atoms with Crippen LogP contribution >= 0.6 is 0 Å². The molecule has 2 aliphatic heterocycles. The molecule has 2 aromatic heterocycles. The molecule has 7 rings (SSSR count). The van der Waals surface area contributed by atoms with Gasteiger partial charge in [0.05, 0.1) is 12.2 Å². The van der Waals surface area contributed by atoms with Crippen molar-refractivity contribution in [2.24, 2.45) is 5.41 Å². The fourth-order valence-electron chi connectivity index (χ4n) is 7.60. The number of benzene rings is 2. The molecule has 53 heavy (non-hydrogen) atoms. The van der Waals surface area contributed by atoms with Crippen LogP contribution in [0.4, 0.5) is 20.8 Å². The highest BCUT2D eigenvalue weighted by Gasteiger charge is 2.30. The van der Waals surface area contributed by atoms with Gasteiger partial charge in [0.1, 0.15) is 23.5 Å². The van der Waals surface area contributed by atoms with Gasteiger partial charge < -0.3 is 25.7 Å². The molecule has 2 amide bonds. The molecular formula is C41H52FN9O2. The molecule has 12 heteroatoms. The van der Waals surface area contributed by atoms with Crippen molar-refractivity contribution >= 4 is 29.0 Å². The molecule has 2 fully saturated rings. The molecule has 3 atom stereocenters. The third-order valence-electron chi connectivity index (χ3n) is 10.7. The topological polar surface area (TPSA) is 123 Å². The van der Waals surface area contributed by atoms with Gasteiger partial charge in [0.15, 0.2) is 5.65 Å². The Labute approximate surface area is 311 Å². The summed E-state index contributed by atoms with van der Waals surface area (Å²) in [5.41, 5.74) is 3.94. The van der Waals surface area contributed by atoms with Crippen LogP contribution in [-0.4, -0.2) is 56.9 Å². The summed E-state index contributed by atoms with van der Waals surface area (Å²) in [7, 11) is 0. The number of ether oxygens (including phenoxy) is 1. The van der Waals surface area contributed by atoms with E-state index < -0.39 is 11.4 Å². The largest absolute Gasteiger partial charge is 0.484 e. The smallest absolute Gasteiger partial charge is 0.320 e. The quantitative estimate of drug-likeness (QED) is 0.122. The number of halogens is 1. The molecule has 2 aromatic carbocycles. The minimum absolute atomic E-state index is 0.198. The first-order valence-corrected chi connectivity index (χ1v) is 19.0. The van der Waals surface area contributed by atoms with E-state index in [9.17, 15) is 9.18 Å². The van der Waals surface area contributed by atoms with Crippen LogP contribution < -0.4 is 25.6 Å². The van der Waals surface area contributed by atoms with Crippen LogP contribution in [0.2, 0.25) is 0 Å². The van der Waals surface area contributed by atoms with Crippen LogP contribution in [0.25, 0.3) is 5.65 Å². The maximum Gasteiger partial charge on any atom is 0.320 e. The van der Waals surface area contributed by atoms with Crippen molar-refractivity contribution in [1.29, 1.82) is 5.41 Å². The lowest BCUT2D eigenvalue weighted by Crippen LogP contribution is -2.41. The molecule has 4 aromatic rings. The number of amides is 2. The maximum atomic E-state index is 14.8. The molecule has 0 spiro atoms. The van der Waals surface area contributed by atoms with Crippen LogP contribution in [0, 0.1) is 16.6 Å². The standard InChI is InChI=1S/C41H52FN9O2/c1-27-11-7-8-22-50(27)40-48-47-38-19-15-30(26-51(38)40)53-35-18-17-34(31-12-5-6-13-32(31)35)45-39(52)46-37(24-36(43)41(2,3)4)44-29-14-16-33(42)28(23-29)25-49-20-9-10-21-49/h5-6,12-16,19,23-24,26-27,34-35,43-44H,7-11,17-18,20-22,25H2,1-4H3,(H2,45,46,52)/b37-24+,43-36?/t27-,34?,35?/m0/s1. The molecule has 0 saturated carbocycles. The van der Waals surface area contributed by atoms with E-state index in [0.29, 0.717) is 48.2 Å². The Morgan fingerprint density at radius 1 is 0.981 bits per heavy atom. The number of nitrogens with zero attached hydrogens (tertiary/aromatic N) is 5. The van der Waals surface area contributed by atoms with Crippen molar-refractivity contribution in [2.75, 3.05) is 29.9 Å². The molecule has 280 valence electrons. The van der Waals surface area contributed by atoms with E-state index in [4.69, 9.17) is 10.1 Å². The summed E-state index contributed by atoms with van der Waals surface area (Å²) in [6.07, 6.45) is 10.5. The van der Waals surface area contributed by atoms with E-state index >= 15 is 0 Å². The monoisotopic (exact) mass is 721 g/mol. The van der Waals surface area contributed by atoms with Crippen LogP contribution in [0.5, 0.6) is 5.75 Å². The Hall–Kier alpha value is -4.97. The van der Waals surface area contributed by atoms with E-state index in [2.05, 4.69) is 48.9 Å². The van der Waals surface area contributed by atoms with E-state index in [-0.39, 0.29) is 18.0 Å². The van der Waals surface area contributed by atoms with Gasteiger partial charge in [-0.2, -0.15) is 0 Å². The summed E-state index contributed by atoms with van der Waals surface area (Å²) in [6, 6.07) is 16.6. The molecule has 1 aliphatic carbocycles. The van der Waals surface area contributed by atoms with Gasteiger partial charge in [-0.15, -0.1) is 10.2 Å². The highest BCUT2D eigenvalue weighted by atomic mass is 19.1. The minimum Gasteiger partial charge on any atom is -0.484 e. The molecule has 4 heterocycles. The summed E-state index contributed by atoms with van der Waals surface area (Å²) < 4.78 is 23.5. The second-order valence-electron chi connectivity index (χ2n) is 15.7. The highest BCUT2D eigenvalue weighted by molar-refractivity contribution is 5.97. The zero-order chi connectivity index (χ0) is 37.1. The molecule has 3 aliphatic rings. The van der Waals surface area contributed by atoms with Crippen LogP contribution in [0.1, 0.15) is 101 Å². The van der Waals surface area contributed by atoms with E-state index in [1.165, 1.54) is 12.5 Å². The first kappa shape index (κ1) is 36.4. The summed E-state index contributed by atoms with van der Waals surface area (Å²) in [4.78, 5) is 18.3. The number of nitrogens with one attached hydrogen (secondary N) is 4. The average molecular weight is 722 g/mol. The Bertz CT molecular complexity index is 1980. The third kappa shape index (κ3) is 8.48. The van der Waals surface area contributed by atoms with Gasteiger partial charge in [0, 0.05) is 47.6 Å². The van der Waals surface area contributed by atoms with Gasteiger partial charge in [-0.25, -0.2) is 9.18 Å². The van der Waals surface area contributed by atoms with Gasteiger partial charge in [-0.05, 0) is 106 Å². The molecular weight excluding hydrogens is 670 g/mol. The Morgan fingerprint density at radius 3 is 2.53 bits per heavy atom. The molecule has 2 saturated heterocycles. The van der Waals surface area contributed by atoms with E-state index in [0.717, 1.165) is 73.8 Å². The normalized spacial score (nSPS) is 21.0. The van der Waals surface area contributed by atoms with Crippen LogP contribution in [-0.2, 0) is 6.54 Å². The van der Waals surface area contributed by atoms with Crippen molar-refractivity contribution in [3.05, 3.63) is 95.2 Å². The van der Waals surface area contributed by atoms with Crippen molar-refractivity contribution in [1.82, 2.24) is 30.1 Å². The highest BCUT2D eigenvalue weighted by Crippen LogP contribution is 2.39. The number of hydrogen-bond donors (Lipinski definition) is 4. The van der Waals surface area contributed by atoms with Gasteiger partial charge in [-0.1, -0.05) is 45.0 Å². The Balaban J connectivity index is 1.06. The predicted molar refractivity (Wildman–Crippen MR) is 207 cm³/mol. The van der Waals surface area contributed by atoms with Crippen molar-refractivity contribution < 1.29 is 13.9 Å². The number of carbonyl (C=O) groups is 1. The number of carbonyl (C=O) groups excluding carboxylic acids is 1. The number of likely N-dealkylation sites (tertiary alicyclic amines) is 1. The number of fused-ring (bicyclic) bond motifs is 2. The maximum absolute atomic E-state index is 14.8. The first-order valence-electron chi connectivity index (χ1n) is 19.0. The lowest BCUT2D eigenvalue weighted by atomic mass is 9.85. The number of anilines is 2. The summed E-state index contributed by atoms with van der Waals surface area (Å²) in [5.74, 6) is 1.67. The number of allylic oxidation sites excluding steroid dienone is 1. The van der Waals surface area contributed by atoms with Gasteiger partial charge in [-0.3, -0.25) is 14.6 Å². The van der Waals surface area contributed by atoms with Gasteiger partial charge in [0.25, 0.3) is 0 Å². The molecule has 0 radical (unpaired) electrons. The minimum atomic E-state index is -0.446. The fourth-order valence-corrected chi connectivity index (χ4v) is 7.60. The number of urea groups is 1. The SMILES string of the molecule is C[C@H]1CCCCN1c1nnc2ccc(OC3CCC(NC(=O)N/C(=C/C(=N)C(C)(C)C)Nc4ccc(F)c(CN5CCCC5)c4)c4ccccc43)cn12. The molecule has 2 unspecified atom stereocenters. The third-order valence-corrected chi connectivity index (χ3v) is 10.7. The summed E-state index contributed by atoms with van der Waals surface area (Å²) in [5, 5.41) is 27.0. The predicted octanol–water partition coefficient (Wildman–Crippen LogP) is 8.12. The number of aromatic nitrogens is 3.